The van der Waals surface area contributed by atoms with Gasteiger partial charge in [0.25, 0.3) is 0 Å². The molecule has 2 aromatic heterocycles. The van der Waals surface area contributed by atoms with Crippen molar-refractivity contribution in [2.75, 3.05) is 5.32 Å². The number of ketones is 1. The van der Waals surface area contributed by atoms with Crippen LogP contribution < -0.4 is 10.7 Å². The third-order valence-electron chi connectivity index (χ3n) is 4.46. The van der Waals surface area contributed by atoms with Gasteiger partial charge in [0.2, 0.25) is 11.3 Å². The quantitative estimate of drug-likeness (QED) is 0.688. The van der Waals surface area contributed by atoms with Crippen LogP contribution in [0.3, 0.4) is 0 Å². The van der Waals surface area contributed by atoms with Crippen LogP contribution in [-0.2, 0) is 11.2 Å². The largest absolute Gasteiger partial charge is 0.463 e. The number of hydrogen-bond acceptors (Lipinski definition) is 5. The number of Topliss-reactive ketones (excluding diaryl/α,β-unsaturated/α-hetero) is 1. The number of anilines is 1. The van der Waals surface area contributed by atoms with Gasteiger partial charge in [-0.05, 0) is 37.5 Å². The van der Waals surface area contributed by atoms with Crippen molar-refractivity contribution in [3.8, 4) is 0 Å². The minimum Gasteiger partial charge on any atom is -0.463 e. The van der Waals surface area contributed by atoms with E-state index in [4.69, 9.17) is 4.42 Å². The first kappa shape index (κ1) is 16.3. The average Bonchev–Trinajstić information content (AvgIpc) is 3.35. The molecule has 7 heteroatoms. The number of aromatic amines is 1. The summed E-state index contributed by atoms with van der Waals surface area (Å²) >= 11 is 0. The number of benzene rings is 1. The van der Waals surface area contributed by atoms with Crippen LogP contribution in [0.5, 0.6) is 0 Å². The molecule has 0 aliphatic heterocycles. The first-order chi connectivity index (χ1) is 12.5. The van der Waals surface area contributed by atoms with Gasteiger partial charge in [0.15, 0.2) is 11.6 Å². The van der Waals surface area contributed by atoms with E-state index in [0.29, 0.717) is 28.3 Å². The summed E-state index contributed by atoms with van der Waals surface area (Å²) in [5.74, 6) is 0.443. The van der Waals surface area contributed by atoms with Gasteiger partial charge < -0.3 is 9.73 Å². The van der Waals surface area contributed by atoms with Gasteiger partial charge in [0, 0.05) is 17.7 Å². The Morgan fingerprint density at radius 2 is 2.12 bits per heavy atom. The molecule has 0 saturated heterocycles. The Bertz CT molecular complexity index is 1080. The number of nitrogens with one attached hydrogen (secondary N) is 2. The summed E-state index contributed by atoms with van der Waals surface area (Å²) in [6, 6.07) is 6.79. The third-order valence-corrected chi connectivity index (χ3v) is 4.46. The molecule has 1 aromatic carbocycles. The van der Waals surface area contributed by atoms with Crippen LogP contribution in [-0.4, -0.2) is 21.9 Å². The van der Waals surface area contributed by atoms with Gasteiger partial charge in [0.05, 0.1) is 11.8 Å². The lowest BCUT2D eigenvalue weighted by Crippen LogP contribution is -2.16. The van der Waals surface area contributed by atoms with Crippen molar-refractivity contribution in [1.29, 1.82) is 0 Å². The van der Waals surface area contributed by atoms with E-state index in [1.807, 2.05) is 6.07 Å². The topological polar surface area (TPSA) is 105 Å². The van der Waals surface area contributed by atoms with Crippen molar-refractivity contribution in [3.05, 3.63) is 57.6 Å². The van der Waals surface area contributed by atoms with Gasteiger partial charge in [-0.25, -0.2) is 0 Å². The molecular weight excluding hydrogens is 334 g/mol. The summed E-state index contributed by atoms with van der Waals surface area (Å²) < 4.78 is 5.34. The van der Waals surface area contributed by atoms with Crippen LogP contribution in [0.2, 0.25) is 0 Å². The van der Waals surface area contributed by atoms with Crippen molar-refractivity contribution in [3.63, 3.8) is 0 Å². The lowest BCUT2D eigenvalue weighted by molar-refractivity contribution is -0.115. The number of carbonyl (C=O) groups excluding carboxylic acids is 2. The van der Waals surface area contributed by atoms with Crippen molar-refractivity contribution >= 4 is 28.5 Å². The molecule has 4 rings (SSSR count). The normalized spacial score (nSPS) is 13.7. The number of aromatic nitrogens is 2. The van der Waals surface area contributed by atoms with E-state index in [1.54, 1.807) is 18.2 Å². The van der Waals surface area contributed by atoms with Crippen LogP contribution in [0.1, 0.15) is 47.3 Å². The minimum atomic E-state index is -0.387. The molecule has 3 aromatic rings. The predicted octanol–water partition coefficient (Wildman–Crippen LogP) is 2.78. The number of rotatable bonds is 5. The van der Waals surface area contributed by atoms with Crippen molar-refractivity contribution < 1.29 is 14.0 Å². The Kier molecular flexibility index (Phi) is 3.91. The highest BCUT2D eigenvalue weighted by atomic mass is 16.3. The number of carbonyl (C=O) groups is 2. The second-order valence-corrected chi connectivity index (χ2v) is 6.57. The molecule has 2 heterocycles. The molecule has 0 bridgehead atoms. The number of fused-ring (bicyclic) bond motifs is 1. The van der Waals surface area contributed by atoms with E-state index in [1.165, 1.54) is 13.2 Å². The highest BCUT2D eigenvalue weighted by molar-refractivity contribution is 5.97. The Hall–Kier alpha value is -3.22. The van der Waals surface area contributed by atoms with Crippen molar-refractivity contribution in [2.45, 2.75) is 32.1 Å². The summed E-state index contributed by atoms with van der Waals surface area (Å²) in [6.45, 7) is 1.31. The summed E-state index contributed by atoms with van der Waals surface area (Å²) in [6.07, 6.45) is 3.56. The molecule has 1 amide bonds. The van der Waals surface area contributed by atoms with E-state index in [2.05, 4.69) is 15.5 Å². The maximum Gasteiger partial charge on any atom is 0.229 e. The molecule has 7 nitrogen and oxygen atoms in total. The molecule has 26 heavy (non-hydrogen) atoms. The molecule has 0 atom stereocenters. The molecule has 1 aliphatic rings. The third kappa shape index (κ3) is 3.15. The zero-order valence-electron chi connectivity index (χ0n) is 14.2. The molecule has 1 aliphatic carbocycles. The second-order valence-electron chi connectivity index (χ2n) is 6.57. The fourth-order valence-electron chi connectivity index (χ4n) is 2.91. The van der Waals surface area contributed by atoms with Gasteiger partial charge in [-0.15, -0.1) is 0 Å². The summed E-state index contributed by atoms with van der Waals surface area (Å²) in [7, 11) is 0. The molecule has 132 valence electrons. The van der Waals surface area contributed by atoms with Crippen molar-refractivity contribution in [2.24, 2.45) is 0 Å². The standard InChI is InChI=1S/C19H17N3O4/c1-10(23)14-9-26-16-5-2-11(6-13(16)19(14)25)7-18(24)20-17-8-15(21-22-17)12-3-4-12/h2,5-6,8-9,12H,3-4,7H2,1H3,(H2,20,21,22,24). The summed E-state index contributed by atoms with van der Waals surface area (Å²) in [5.41, 5.74) is 1.69. The summed E-state index contributed by atoms with van der Waals surface area (Å²) in [4.78, 5) is 36.1. The molecule has 0 radical (unpaired) electrons. The maximum absolute atomic E-state index is 12.4. The van der Waals surface area contributed by atoms with E-state index < -0.39 is 0 Å². The predicted molar refractivity (Wildman–Crippen MR) is 95.4 cm³/mol. The van der Waals surface area contributed by atoms with Crippen LogP contribution in [0.15, 0.2) is 39.7 Å². The average molecular weight is 351 g/mol. The maximum atomic E-state index is 12.4. The van der Waals surface area contributed by atoms with E-state index in [9.17, 15) is 14.4 Å². The highest BCUT2D eigenvalue weighted by Gasteiger charge is 2.25. The van der Waals surface area contributed by atoms with Gasteiger partial charge in [-0.2, -0.15) is 5.10 Å². The zero-order chi connectivity index (χ0) is 18.3. The lowest BCUT2D eigenvalue weighted by atomic mass is 10.1. The number of hydrogen-bond donors (Lipinski definition) is 2. The highest BCUT2D eigenvalue weighted by Crippen LogP contribution is 2.39. The molecular formula is C19H17N3O4. The van der Waals surface area contributed by atoms with Gasteiger partial charge in [-0.3, -0.25) is 19.5 Å². The van der Waals surface area contributed by atoms with Gasteiger partial charge >= 0.3 is 0 Å². The fraction of sp³-hybridized carbons (Fsp3) is 0.263. The molecule has 1 saturated carbocycles. The fourth-order valence-corrected chi connectivity index (χ4v) is 2.91. The number of nitrogens with zero attached hydrogens (tertiary/aromatic N) is 1. The van der Waals surface area contributed by atoms with Crippen LogP contribution in [0.4, 0.5) is 5.82 Å². The Morgan fingerprint density at radius 1 is 1.31 bits per heavy atom. The number of H-pyrrole nitrogens is 1. The lowest BCUT2D eigenvalue weighted by Gasteiger charge is -2.04. The minimum absolute atomic E-state index is 0.00299. The van der Waals surface area contributed by atoms with Gasteiger partial charge in [-0.1, -0.05) is 6.07 Å². The Balaban J connectivity index is 1.53. The molecule has 2 N–H and O–H groups in total. The molecule has 1 fully saturated rings. The first-order valence-corrected chi connectivity index (χ1v) is 8.42. The van der Waals surface area contributed by atoms with E-state index >= 15 is 0 Å². The number of amides is 1. The summed E-state index contributed by atoms with van der Waals surface area (Å²) in [5, 5.41) is 10.1. The van der Waals surface area contributed by atoms with Crippen LogP contribution in [0, 0.1) is 0 Å². The van der Waals surface area contributed by atoms with E-state index in [-0.39, 0.29) is 29.1 Å². The van der Waals surface area contributed by atoms with Crippen LogP contribution in [0.25, 0.3) is 11.0 Å². The SMILES string of the molecule is CC(=O)c1coc2ccc(CC(=O)Nc3cc(C4CC4)[nH]n3)cc2c1=O. The Labute approximate surface area is 148 Å². The molecule has 0 unspecified atom stereocenters. The Morgan fingerprint density at radius 3 is 2.85 bits per heavy atom. The first-order valence-electron chi connectivity index (χ1n) is 8.42. The van der Waals surface area contributed by atoms with E-state index in [0.717, 1.165) is 18.5 Å². The zero-order valence-corrected chi connectivity index (χ0v) is 14.2. The molecule has 0 spiro atoms. The monoisotopic (exact) mass is 351 g/mol. The van der Waals surface area contributed by atoms with Crippen molar-refractivity contribution in [1.82, 2.24) is 10.2 Å². The van der Waals surface area contributed by atoms with Gasteiger partial charge in [0.1, 0.15) is 17.4 Å². The van der Waals surface area contributed by atoms with Crippen LogP contribution >= 0.6 is 0 Å². The second kappa shape index (κ2) is 6.25. The smallest absolute Gasteiger partial charge is 0.229 e.